The Hall–Kier alpha value is -3.34. The monoisotopic (exact) mass is 551 g/mol. The van der Waals surface area contributed by atoms with Gasteiger partial charge in [-0.1, -0.05) is 60.7 Å². The van der Waals surface area contributed by atoms with Crippen molar-refractivity contribution >= 4 is 21.9 Å². The Balaban J connectivity index is 1.34. The number of ether oxygens (including phenoxy) is 1. The lowest BCUT2D eigenvalue weighted by molar-refractivity contribution is -0.124. The number of carbonyl (C=O) groups excluding carboxylic acids is 1. The second-order valence-electron chi connectivity index (χ2n) is 9.84. The number of unbranched alkanes of at least 4 members (excludes halogenated alkanes) is 1. The van der Waals surface area contributed by atoms with Crippen LogP contribution in [0.3, 0.4) is 0 Å². The number of aromatic nitrogens is 2. The first kappa shape index (κ1) is 28.7. The van der Waals surface area contributed by atoms with E-state index in [4.69, 9.17) is 14.7 Å². The van der Waals surface area contributed by atoms with Crippen LogP contribution in [0.25, 0.3) is 22.5 Å². The Labute approximate surface area is 231 Å². The highest BCUT2D eigenvalue weighted by Crippen LogP contribution is 2.31. The van der Waals surface area contributed by atoms with Crippen LogP contribution in [0, 0.1) is 0 Å². The molecule has 10 heteroatoms. The van der Waals surface area contributed by atoms with E-state index < -0.39 is 16.1 Å². The molecule has 2 heterocycles. The van der Waals surface area contributed by atoms with E-state index in [0.717, 1.165) is 60.6 Å². The quantitative estimate of drug-likeness (QED) is 0.316. The average Bonchev–Trinajstić information content (AvgIpc) is 3.49. The van der Waals surface area contributed by atoms with Gasteiger partial charge in [0.2, 0.25) is 0 Å². The van der Waals surface area contributed by atoms with E-state index in [2.05, 4.69) is 23.5 Å². The van der Waals surface area contributed by atoms with Gasteiger partial charge >= 0.3 is 10.2 Å². The van der Waals surface area contributed by atoms with Crippen LogP contribution in [0.5, 0.6) is 0 Å². The lowest BCUT2D eigenvalue weighted by Crippen LogP contribution is -2.43. The van der Waals surface area contributed by atoms with Gasteiger partial charge in [-0.15, -0.1) is 0 Å². The average molecular weight is 552 g/mol. The molecule has 1 fully saturated rings. The van der Waals surface area contributed by atoms with Gasteiger partial charge in [-0.3, -0.25) is 9.78 Å². The maximum atomic E-state index is 12.2. The van der Waals surface area contributed by atoms with Crippen molar-refractivity contribution in [1.82, 2.24) is 19.0 Å². The van der Waals surface area contributed by atoms with Crippen molar-refractivity contribution in [3.63, 3.8) is 0 Å². The number of rotatable bonds is 13. The number of carbonyl (C=O) groups is 1. The van der Waals surface area contributed by atoms with Gasteiger partial charge in [0.25, 0.3) is 5.91 Å². The van der Waals surface area contributed by atoms with Crippen LogP contribution < -0.4 is 9.62 Å². The highest BCUT2D eigenvalue weighted by Gasteiger charge is 2.26. The Morgan fingerprint density at radius 1 is 0.974 bits per heavy atom. The van der Waals surface area contributed by atoms with Crippen LogP contribution in [0.2, 0.25) is 0 Å². The highest BCUT2D eigenvalue weighted by atomic mass is 32.2. The van der Waals surface area contributed by atoms with Crippen LogP contribution in [0.1, 0.15) is 39.5 Å². The summed E-state index contributed by atoms with van der Waals surface area (Å²) in [4.78, 5) is 24.2. The summed E-state index contributed by atoms with van der Waals surface area (Å²) in [6.07, 6.45) is 4.99. The Bertz CT molecular complexity index is 1310. The molecular weight excluding hydrogens is 514 g/mol. The molecule has 4 rings (SSSR count). The number of benzene rings is 2. The van der Waals surface area contributed by atoms with Crippen molar-refractivity contribution in [3.05, 3.63) is 66.9 Å². The number of anilines is 1. The molecule has 1 amide bonds. The summed E-state index contributed by atoms with van der Waals surface area (Å²) in [7, 11) is -3.77. The summed E-state index contributed by atoms with van der Waals surface area (Å²) in [5, 5.41) is 0. The standard InChI is InChI=1S/C29H37N5O4S/c1-23(2)34(19-11-12-20-38-22-27(35)32-39(36,37)33-17-9-10-18-33)26-21-30-28(24-13-5-3-6-14-24)29(31-26)25-15-7-4-8-16-25/h3-8,13-16,21,23H,9-12,17-20,22H2,1-2H3,(H,32,35). The first-order valence-corrected chi connectivity index (χ1v) is 14.9. The molecule has 0 radical (unpaired) electrons. The van der Waals surface area contributed by atoms with Gasteiger partial charge in [0, 0.05) is 43.4 Å². The largest absolute Gasteiger partial charge is 0.372 e. The summed E-state index contributed by atoms with van der Waals surface area (Å²) >= 11 is 0. The number of nitrogens with zero attached hydrogens (tertiary/aromatic N) is 4. The van der Waals surface area contributed by atoms with E-state index >= 15 is 0 Å². The van der Waals surface area contributed by atoms with Gasteiger partial charge in [-0.2, -0.15) is 12.7 Å². The molecule has 2 aromatic carbocycles. The minimum Gasteiger partial charge on any atom is -0.372 e. The summed E-state index contributed by atoms with van der Waals surface area (Å²) in [6, 6.07) is 20.3. The number of hydrogen-bond donors (Lipinski definition) is 1. The molecule has 1 N–H and O–H groups in total. The number of nitrogens with one attached hydrogen (secondary N) is 1. The smallest absolute Gasteiger partial charge is 0.303 e. The van der Waals surface area contributed by atoms with Gasteiger partial charge in [0.15, 0.2) is 0 Å². The molecule has 1 aliphatic heterocycles. The first-order chi connectivity index (χ1) is 18.8. The van der Waals surface area contributed by atoms with Gasteiger partial charge in [0.05, 0.1) is 17.6 Å². The molecule has 0 saturated carbocycles. The lowest BCUT2D eigenvalue weighted by atomic mass is 10.0. The summed E-state index contributed by atoms with van der Waals surface area (Å²) in [6.45, 7) is 5.95. The highest BCUT2D eigenvalue weighted by molar-refractivity contribution is 7.87. The van der Waals surface area contributed by atoms with Crippen molar-refractivity contribution in [2.45, 2.75) is 45.6 Å². The number of hydrogen-bond acceptors (Lipinski definition) is 7. The summed E-state index contributed by atoms with van der Waals surface area (Å²) < 4.78 is 33.2. The zero-order chi connectivity index (χ0) is 27.7. The van der Waals surface area contributed by atoms with Gasteiger partial charge in [-0.25, -0.2) is 9.71 Å². The summed E-state index contributed by atoms with van der Waals surface area (Å²) in [5.41, 5.74) is 3.70. The molecule has 208 valence electrons. The second kappa shape index (κ2) is 13.6. The zero-order valence-electron chi connectivity index (χ0n) is 22.6. The van der Waals surface area contributed by atoms with Crippen molar-refractivity contribution in [2.24, 2.45) is 0 Å². The third kappa shape index (κ3) is 7.84. The van der Waals surface area contributed by atoms with E-state index in [1.807, 2.05) is 66.9 Å². The van der Waals surface area contributed by atoms with Crippen LogP contribution in [0.15, 0.2) is 66.9 Å². The van der Waals surface area contributed by atoms with Crippen LogP contribution in [-0.4, -0.2) is 67.5 Å². The van der Waals surface area contributed by atoms with Crippen LogP contribution in [0.4, 0.5) is 5.82 Å². The third-order valence-corrected chi connectivity index (χ3v) is 8.12. The molecule has 1 saturated heterocycles. The van der Waals surface area contributed by atoms with E-state index in [-0.39, 0.29) is 12.6 Å². The Morgan fingerprint density at radius 3 is 2.21 bits per heavy atom. The molecule has 1 aliphatic rings. The van der Waals surface area contributed by atoms with Crippen molar-refractivity contribution in [3.8, 4) is 22.5 Å². The molecule has 0 atom stereocenters. The fourth-order valence-corrected chi connectivity index (χ4v) is 5.79. The summed E-state index contributed by atoms with van der Waals surface area (Å²) in [5.74, 6) is 0.156. The van der Waals surface area contributed by atoms with Crippen molar-refractivity contribution in [2.75, 3.05) is 37.7 Å². The zero-order valence-corrected chi connectivity index (χ0v) is 23.4. The molecule has 0 bridgehead atoms. The molecule has 39 heavy (non-hydrogen) atoms. The fourth-order valence-electron chi connectivity index (χ4n) is 4.58. The Morgan fingerprint density at radius 2 is 1.59 bits per heavy atom. The maximum absolute atomic E-state index is 12.2. The van der Waals surface area contributed by atoms with Crippen LogP contribution in [-0.2, 0) is 19.7 Å². The van der Waals surface area contributed by atoms with Gasteiger partial charge in [-0.05, 0) is 39.5 Å². The maximum Gasteiger partial charge on any atom is 0.303 e. The van der Waals surface area contributed by atoms with Crippen molar-refractivity contribution in [1.29, 1.82) is 0 Å². The first-order valence-electron chi connectivity index (χ1n) is 13.5. The molecule has 9 nitrogen and oxygen atoms in total. The minimum atomic E-state index is -3.77. The normalized spacial score (nSPS) is 14.0. The van der Waals surface area contributed by atoms with E-state index in [1.54, 1.807) is 0 Å². The van der Waals surface area contributed by atoms with Crippen LogP contribution >= 0.6 is 0 Å². The number of amides is 1. The Kier molecular flexibility index (Phi) is 10.0. The molecule has 0 aliphatic carbocycles. The van der Waals surface area contributed by atoms with Gasteiger partial charge in [0.1, 0.15) is 12.4 Å². The topological polar surface area (TPSA) is 105 Å². The molecular formula is C29H37N5O4S. The van der Waals surface area contributed by atoms with Crippen molar-refractivity contribution < 1.29 is 17.9 Å². The molecule has 3 aromatic rings. The molecule has 1 aromatic heterocycles. The van der Waals surface area contributed by atoms with Gasteiger partial charge < -0.3 is 9.64 Å². The minimum absolute atomic E-state index is 0.202. The van der Waals surface area contributed by atoms with E-state index in [0.29, 0.717) is 19.7 Å². The predicted octanol–water partition coefficient (Wildman–Crippen LogP) is 4.28. The second-order valence-corrected chi connectivity index (χ2v) is 11.5. The van der Waals surface area contributed by atoms with E-state index in [9.17, 15) is 13.2 Å². The predicted molar refractivity (Wildman–Crippen MR) is 153 cm³/mol. The fraction of sp³-hybridized carbons (Fsp3) is 0.414. The SMILES string of the molecule is CC(C)N(CCCCOCC(=O)NS(=O)(=O)N1CCCC1)c1cnc(-c2ccccc2)c(-c2ccccc2)n1. The molecule has 0 unspecified atom stereocenters. The molecule has 0 spiro atoms. The third-order valence-electron chi connectivity index (χ3n) is 6.59. The lowest BCUT2D eigenvalue weighted by Gasteiger charge is -2.28. The van der Waals surface area contributed by atoms with E-state index in [1.165, 1.54) is 4.31 Å².